The normalized spacial score (nSPS) is 27.2. The Balaban J connectivity index is 1.83. The summed E-state index contributed by atoms with van der Waals surface area (Å²) in [5, 5.41) is 4.05. The predicted molar refractivity (Wildman–Crippen MR) is 73.0 cm³/mol. The minimum absolute atomic E-state index is 0.0740. The van der Waals surface area contributed by atoms with Crippen LogP contribution in [0.3, 0.4) is 0 Å². The fraction of sp³-hybridized carbons (Fsp3) is 0.500. The zero-order valence-electron chi connectivity index (χ0n) is 10.7. The predicted octanol–water partition coefficient (Wildman–Crippen LogP) is 1.43. The van der Waals surface area contributed by atoms with E-state index in [9.17, 15) is 4.79 Å². The molecule has 0 saturated carbocycles. The van der Waals surface area contributed by atoms with Gasteiger partial charge in [-0.05, 0) is 30.7 Å². The fourth-order valence-electron chi connectivity index (χ4n) is 2.86. The third kappa shape index (κ3) is 2.48. The molecule has 2 saturated heterocycles. The molecule has 1 spiro atoms. The van der Waals surface area contributed by atoms with Crippen molar-refractivity contribution in [2.24, 2.45) is 0 Å². The van der Waals surface area contributed by atoms with Gasteiger partial charge >= 0.3 is 0 Å². The van der Waals surface area contributed by atoms with Gasteiger partial charge in [-0.3, -0.25) is 4.79 Å². The number of morpholine rings is 1. The Hall–Kier alpha value is -1.10. The number of carbonyl (C=O) groups excluding carboxylic acids is 1. The molecule has 0 aromatic heterocycles. The Morgan fingerprint density at radius 1 is 1.37 bits per heavy atom. The van der Waals surface area contributed by atoms with E-state index in [1.807, 2.05) is 29.2 Å². The summed E-state index contributed by atoms with van der Waals surface area (Å²) in [5.41, 5.74) is 0.931. The minimum atomic E-state index is -0.172. The third-order valence-electron chi connectivity index (χ3n) is 3.95. The lowest BCUT2D eigenvalue weighted by Gasteiger charge is -2.44. The second kappa shape index (κ2) is 5.12. The molecule has 1 unspecified atom stereocenters. The first kappa shape index (κ1) is 12.9. The molecule has 0 radical (unpaired) electrons. The van der Waals surface area contributed by atoms with Gasteiger partial charge in [0.15, 0.2) is 0 Å². The van der Waals surface area contributed by atoms with Crippen molar-refractivity contribution in [3.63, 3.8) is 0 Å². The smallest absolute Gasteiger partial charge is 0.249 e. The van der Waals surface area contributed by atoms with Crippen LogP contribution >= 0.6 is 11.6 Å². The lowest BCUT2D eigenvalue weighted by Crippen LogP contribution is -2.60. The highest BCUT2D eigenvalue weighted by Gasteiger charge is 2.45. The van der Waals surface area contributed by atoms with Crippen LogP contribution in [0.4, 0.5) is 0 Å². The van der Waals surface area contributed by atoms with Crippen molar-refractivity contribution < 1.29 is 9.53 Å². The Morgan fingerprint density at radius 2 is 2.16 bits per heavy atom. The largest absolute Gasteiger partial charge is 0.369 e. The van der Waals surface area contributed by atoms with E-state index < -0.39 is 0 Å². The van der Waals surface area contributed by atoms with Crippen molar-refractivity contribution in [3.05, 3.63) is 34.9 Å². The standard InChI is InChI=1S/C14H17ClN2O2/c15-12-3-1-11(2-4-12)7-17-13(18)8-19-10-14(17)5-6-16-9-14/h1-4,16H,5-10H2. The molecule has 1 N–H and O–H groups in total. The number of carbonyl (C=O) groups is 1. The average molecular weight is 281 g/mol. The molecule has 0 aliphatic carbocycles. The zero-order valence-corrected chi connectivity index (χ0v) is 11.4. The molecule has 1 amide bonds. The van der Waals surface area contributed by atoms with E-state index in [0.29, 0.717) is 18.2 Å². The molecule has 2 aliphatic heterocycles. The van der Waals surface area contributed by atoms with E-state index in [-0.39, 0.29) is 18.1 Å². The number of nitrogens with zero attached hydrogens (tertiary/aromatic N) is 1. The molecule has 3 rings (SSSR count). The van der Waals surface area contributed by atoms with Crippen molar-refractivity contribution in [2.45, 2.75) is 18.5 Å². The van der Waals surface area contributed by atoms with Crippen LogP contribution in [-0.2, 0) is 16.1 Å². The molecule has 102 valence electrons. The highest BCUT2D eigenvalue weighted by Crippen LogP contribution is 2.29. The highest BCUT2D eigenvalue weighted by molar-refractivity contribution is 6.30. The van der Waals surface area contributed by atoms with Crippen molar-refractivity contribution in [2.75, 3.05) is 26.3 Å². The summed E-state index contributed by atoms with van der Waals surface area (Å²) in [4.78, 5) is 14.1. The molecule has 2 fully saturated rings. The van der Waals surface area contributed by atoms with Gasteiger partial charge in [-0.15, -0.1) is 0 Å². The Bertz CT molecular complexity index is 469. The van der Waals surface area contributed by atoms with Gasteiger partial charge in [0.2, 0.25) is 5.91 Å². The number of ether oxygens (including phenoxy) is 1. The first-order valence-corrected chi connectivity index (χ1v) is 6.91. The lowest BCUT2D eigenvalue weighted by molar-refractivity contribution is -0.157. The second-order valence-corrected chi connectivity index (χ2v) is 5.69. The van der Waals surface area contributed by atoms with Crippen molar-refractivity contribution in [1.82, 2.24) is 10.2 Å². The molecule has 2 aliphatic rings. The van der Waals surface area contributed by atoms with Crippen LogP contribution in [-0.4, -0.2) is 42.6 Å². The van der Waals surface area contributed by atoms with Crippen LogP contribution in [0.15, 0.2) is 24.3 Å². The highest BCUT2D eigenvalue weighted by atomic mass is 35.5. The molecule has 4 nitrogen and oxygen atoms in total. The van der Waals surface area contributed by atoms with Crippen LogP contribution in [0, 0.1) is 0 Å². The van der Waals surface area contributed by atoms with Crippen molar-refractivity contribution in [3.8, 4) is 0 Å². The topological polar surface area (TPSA) is 41.6 Å². The van der Waals surface area contributed by atoms with E-state index in [4.69, 9.17) is 16.3 Å². The molecular weight excluding hydrogens is 264 g/mol. The molecule has 1 aromatic rings. The Morgan fingerprint density at radius 3 is 2.84 bits per heavy atom. The first-order valence-electron chi connectivity index (χ1n) is 6.53. The number of hydrogen-bond acceptors (Lipinski definition) is 3. The van der Waals surface area contributed by atoms with Crippen molar-refractivity contribution >= 4 is 17.5 Å². The second-order valence-electron chi connectivity index (χ2n) is 5.25. The Kier molecular flexibility index (Phi) is 3.48. The van der Waals surface area contributed by atoms with E-state index >= 15 is 0 Å². The van der Waals surface area contributed by atoms with Gasteiger partial charge < -0.3 is 15.0 Å². The minimum Gasteiger partial charge on any atom is -0.369 e. The van der Waals surface area contributed by atoms with Crippen molar-refractivity contribution in [1.29, 1.82) is 0 Å². The fourth-order valence-corrected chi connectivity index (χ4v) is 2.99. The number of benzene rings is 1. The summed E-state index contributed by atoms with van der Waals surface area (Å²) in [7, 11) is 0. The monoisotopic (exact) mass is 280 g/mol. The zero-order chi connectivity index (χ0) is 13.3. The summed E-state index contributed by atoms with van der Waals surface area (Å²) in [6, 6.07) is 7.67. The summed E-state index contributed by atoms with van der Waals surface area (Å²) in [5.74, 6) is 0.0740. The van der Waals surface area contributed by atoms with Crippen LogP contribution < -0.4 is 5.32 Å². The van der Waals surface area contributed by atoms with Gasteiger partial charge in [0, 0.05) is 18.1 Å². The average Bonchev–Trinajstić information content (AvgIpc) is 2.86. The maximum atomic E-state index is 12.2. The van der Waals surface area contributed by atoms with E-state index in [2.05, 4.69) is 5.32 Å². The SMILES string of the molecule is O=C1COCC2(CCNC2)N1Cc1ccc(Cl)cc1. The van der Waals surface area contributed by atoms with Crippen LogP contribution in [0.5, 0.6) is 0 Å². The summed E-state index contributed by atoms with van der Waals surface area (Å²) in [6.07, 6.45) is 0.951. The number of amides is 1. The van der Waals surface area contributed by atoms with E-state index in [1.54, 1.807) is 0 Å². The number of rotatable bonds is 2. The maximum absolute atomic E-state index is 12.2. The molecule has 19 heavy (non-hydrogen) atoms. The molecule has 5 heteroatoms. The molecule has 2 heterocycles. The van der Waals surface area contributed by atoms with Gasteiger partial charge in [-0.25, -0.2) is 0 Å². The number of nitrogens with one attached hydrogen (secondary N) is 1. The van der Waals surface area contributed by atoms with E-state index in [1.165, 1.54) is 0 Å². The molecule has 0 bridgehead atoms. The van der Waals surface area contributed by atoms with Crippen LogP contribution in [0.1, 0.15) is 12.0 Å². The number of halogens is 1. The van der Waals surface area contributed by atoms with Crippen LogP contribution in [0.25, 0.3) is 0 Å². The summed E-state index contributed by atoms with van der Waals surface area (Å²) in [6.45, 7) is 3.19. The van der Waals surface area contributed by atoms with Gasteiger partial charge in [0.05, 0.1) is 12.1 Å². The third-order valence-corrected chi connectivity index (χ3v) is 4.20. The molecule has 1 atom stereocenters. The number of hydrogen-bond donors (Lipinski definition) is 1. The first-order chi connectivity index (χ1) is 9.20. The maximum Gasteiger partial charge on any atom is 0.249 e. The van der Waals surface area contributed by atoms with E-state index in [0.717, 1.165) is 25.1 Å². The van der Waals surface area contributed by atoms with Gasteiger partial charge in [0.25, 0.3) is 0 Å². The summed E-state index contributed by atoms with van der Waals surface area (Å²) < 4.78 is 5.45. The Labute approximate surface area is 117 Å². The molecular formula is C14H17ClN2O2. The van der Waals surface area contributed by atoms with Gasteiger partial charge in [0.1, 0.15) is 6.61 Å². The van der Waals surface area contributed by atoms with Gasteiger partial charge in [-0.1, -0.05) is 23.7 Å². The molecule has 1 aromatic carbocycles. The van der Waals surface area contributed by atoms with Crippen LogP contribution in [0.2, 0.25) is 5.02 Å². The quantitative estimate of drug-likeness (QED) is 0.891. The summed E-state index contributed by atoms with van der Waals surface area (Å²) >= 11 is 5.89. The van der Waals surface area contributed by atoms with Gasteiger partial charge in [-0.2, -0.15) is 0 Å². The lowest BCUT2D eigenvalue weighted by atomic mass is 9.94.